The topological polar surface area (TPSA) is 89.9 Å². The van der Waals surface area contributed by atoms with Gasteiger partial charge < -0.3 is 20.4 Å². The first-order valence-corrected chi connectivity index (χ1v) is 23.6. The molecule has 6 heteroatoms. The van der Waals surface area contributed by atoms with Crippen molar-refractivity contribution in [3.05, 3.63) is 12.2 Å². The van der Waals surface area contributed by atoms with E-state index >= 15 is 0 Å². The van der Waals surface area contributed by atoms with E-state index in [4.69, 9.17) is 0 Å². The highest BCUT2D eigenvalue weighted by Gasteiger charge is 2.64. The number of likely N-dealkylation sites (tertiary alicyclic amines) is 1. The van der Waals surface area contributed by atoms with E-state index in [1.807, 2.05) is 4.90 Å². The Morgan fingerprint density at radius 1 is 0.778 bits per heavy atom. The van der Waals surface area contributed by atoms with Crippen LogP contribution in [0.1, 0.15) is 195 Å². The first-order valence-electron chi connectivity index (χ1n) is 23.6. The van der Waals surface area contributed by atoms with Gasteiger partial charge in [-0.1, -0.05) is 105 Å². The van der Waals surface area contributed by atoms with Gasteiger partial charge in [0.05, 0.1) is 12.2 Å². The van der Waals surface area contributed by atoms with Gasteiger partial charge in [-0.15, -0.1) is 0 Å². The summed E-state index contributed by atoms with van der Waals surface area (Å²) in [5, 5.41) is 25.9. The summed E-state index contributed by atoms with van der Waals surface area (Å²) in [5.41, 5.74) is 0.460. The molecule has 1 aliphatic heterocycles. The number of aliphatic hydroxyl groups is 2. The van der Waals surface area contributed by atoms with Crippen LogP contribution in [0.25, 0.3) is 0 Å². The predicted octanol–water partition coefficient (Wildman–Crippen LogP) is 10.8. The Kier molecular flexibility index (Phi) is 16.9. The van der Waals surface area contributed by atoms with E-state index in [0.717, 1.165) is 57.9 Å². The molecule has 0 spiro atoms. The summed E-state index contributed by atoms with van der Waals surface area (Å²) in [5.74, 6) is 3.70. The van der Waals surface area contributed by atoms with Crippen LogP contribution in [0.15, 0.2) is 12.2 Å². The zero-order valence-corrected chi connectivity index (χ0v) is 35.7. The molecule has 5 rings (SSSR count). The van der Waals surface area contributed by atoms with Gasteiger partial charge in [0.25, 0.3) is 0 Å². The summed E-state index contributed by atoms with van der Waals surface area (Å²) in [4.78, 5) is 28.1. The summed E-state index contributed by atoms with van der Waals surface area (Å²) >= 11 is 0. The van der Waals surface area contributed by atoms with Gasteiger partial charge in [-0.3, -0.25) is 9.59 Å². The van der Waals surface area contributed by atoms with Gasteiger partial charge in [-0.25, -0.2) is 0 Å². The predicted molar refractivity (Wildman–Crippen MR) is 223 cm³/mol. The Hall–Kier alpha value is -1.40. The van der Waals surface area contributed by atoms with Crippen LogP contribution in [0.5, 0.6) is 0 Å². The molecule has 54 heavy (non-hydrogen) atoms. The van der Waals surface area contributed by atoms with Gasteiger partial charge in [0.2, 0.25) is 11.8 Å². The number of hydrogen-bond acceptors (Lipinski definition) is 4. The van der Waals surface area contributed by atoms with Gasteiger partial charge in [0.1, 0.15) is 0 Å². The van der Waals surface area contributed by atoms with Crippen LogP contribution in [-0.2, 0) is 9.59 Å². The zero-order valence-electron chi connectivity index (χ0n) is 35.7. The van der Waals surface area contributed by atoms with Crippen LogP contribution in [-0.4, -0.2) is 58.3 Å². The van der Waals surface area contributed by atoms with Gasteiger partial charge in [0.15, 0.2) is 0 Å². The van der Waals surface area contributed by atoms with Crippen molar-refractivity contribution in [1.82, 2.24) is 10.2 Å². The Morgan fingerprint density at radius 2 is 1.43 bits per heavy atom. The molecule has 4 aliphatic carbocycles. The lowest BCUT2D eigenvalue weighted by Gasteiger charge is -2.64. The molecule has 4 saturated carbocycles. The number of nitrogens with zero attached hydrogens (tertiary/aromatic N) is 1. The minimum absolute atomic E-state index is 0.0833. The third-order valence-corrected chi connectivity index (χ3v) is 16.5. The Bertz CT molecular complexity index is 1190. The quantitative estimate of drug-likeness (QED) is 0.0804. The van der Waals surface area contributed by atoms with Gasteiger partial charge in [-0.2, -0.15) is 0 Å². The molecule has 310 valence electrons. The molecule has 0 radical (unpaired) electrons. The molecule has 5 aliphatic rings. The van der Waals surface area contributed by atoms with E-state index in [0.29, 0.717) is 60.8 Å². The summed E-state index contributed by atoms with van der Waals surface area (Å²) in [6.45, 7) is 13.4. The number of rotatable bonds is 21. The van der Waals surface area contributed by atoms with E-state index in [9.17, 15) is 19.8 Å². The molecule has 2 amide bonds. The third-order valence-electron chi connectivity index (χ3n) is 16.5. The van der Waals surface area contributed by atoms with Crippen LogP contribution in [0.3, 0.4) is 0 Å². The van der Waals surface area contributed by atoms with E-state index in [1.165, 1.54) is 96.3 Å². The monoisotopic (exact) mass is 753 g/mol. The van der Waals surface area contributed by atoms with Crippen molar-refractivity contribution in [2.24, 2.45) is 52.3 Å². The number of nitrogens with one attached hydrogen (secondary N) is 1. The van der Waals surface area contributed by atoms with Gasteiger partial charge in [0, 0.05) is 32.0 Å². The second kappa shape index (κ2) is 20.9. The van der Waals surface area contributed by atoms with E-state index < -0.39 is 0 Å². The Labute approximate surface area is 331 Å². The molecule has 0 aromatic carbocycles. The second-order valence-corrected chi connectivity index (χ2v) is 19.9. The molecule has 1 heterocycles. The Balaban J connectivity index is 0.960. The maximum atomic E-state index is 13.2. The lowest BCUT2D eigenvalue weighted by molar-refractivity contribution is -0.203. The summed E-state index contributed by atoms with van der Waals surface area (Å²) in [6, 6.07) is 0.0833. The van der Waals surface area contributed by atoms with Gasteiger partial charge in [-0.05, 0) is 142 Å². The lowest BCUT2D eigenvalue weighted by atomic mass is 9.41. The smallest absolute Gasteiger partial charge is 0.222 e. The lowest BCUT2D eigenvalue weighted by Crippen LogP contribution is -2.62. The molecule has 12 unspecified atom stereocenters. The highest BCUT2D eigenvalue weighted by Crippen LogP contribution is 2.69. The van der Waals surface area contributed by atoms with Crippen molar-refractivity contribution in [2.75, 3.05) is 13.1 Å². The summed E-state index contributed by atoms with van der Waals surface area (Å²) in [7, 11) is 0. The standard InChI is InChI=1S/C48H84N2O4/c1-6-8-9-10-11-12-13-14-15-16-17-18-19-20-21-22-44(53)50-32-29-36(34-50)49-43(52)26-23-35(3)39-24-25-40-45-41(28-31-47(39,40)4)48(5)30-27-37(51)33-42(48)38(7-2)46(45)54/h14-15,35-42,45-46,51,54H,6-13,16-34H2,1-5H3,(H,49,52). The Morgan fingerprint density at radius 3 is 2.13 bits per heavy atom. The van der Waals surface area contributed by atoms with E-state index in [1.54, 1.807) is 0 Å². The van der Waals surface area contributed by atoms with Crippen molar-refractivity contribution >= 4 is 11.8 Å². The van der Waals surface area contributed by atoms with Gasteiger partial charge >= 0.3 is 0 Å². The van der Waals surface area contributed by atoms with Crippen LogP contribution in [0.2, 0.25) is 0 Å². The van der Waals surface area contributed by atoms with Crippen molar-refractivity contribution in [1.29, 1.82) is 0 Å². The molecule has 3 N–H and O–H groups in total. The molecule has 0 aromatic rings. The first-order chi connectivity index (χ1) is 26.0. The van der Waals surface area contributed by atoms with Crippen LogP contribution in [0.4, 0.5) is 0 Å². The number of allylic oxidation sites excluding steroid dienone is 2. The number of unbranched alkanes of at least 4 members (excludes halogenated alkanes) is 11. The third kappa shape index (κ3) is 10.6. The zero-order chi connectivity index (χ0) is 38.7. The fourth-order valence-corrected chi connectivity index (χ4v) is 13.4. The molecular formula is C48H84N2O4. The molecule has 6 nitrogen and oxygen atoms in total. The van der Waals surface area contributed by atoms with Crippen molar-refractivity contribution in [3.8, 4) is 0 Å². The molecule has 5 fully saturated rings. The molecular weight excluding hydrogens is 669 g/mol. The van der Waals surface area contributed by atoms with Crippen molar-refractivity contribution in [3.63, 3.8) is 0 Å². The maximum absolute atomic E-state index is 13.2. The van der Waals surface area contributed by atoms with Crippen molar-refractivity contribution < 1.29 is 19.8 Å². The second-order valence-electron chi connectivity index (χ2n) is 19.9. The van der Waals surface area contributed by atoms with E-state index in [-0.39, 0.29) is 40.9 Å². The number of carbonyl (C=O) groups is 2. The average molecular weight is 753 g/mol. The minimum Gasteiger partial charge on any atom is -0.393 e. The first kappa shape index (κ1) is 43.7. The number of hydrogen-bond donors (Lipinski definition) is 3. The van der Waals surface area contributed by atoms with Crippen molar-refractivity contribution in [2.45, 2.75) is 213 Å². The normalized spacial score (nSPS) is 36.9. The number of fused-ring (bicyclic) bond motifs is 5. The largest absolute Gasteiger partial charge is 0.393 e. The number of aliphatic hydroxyl groups excluding tert-OH is 2. The minimum atomic E-state index is -0.257. The van der Waals surface area contributed by atoms with Crippen LogP contribution >= 0.6 is 0 Å². The van der Waals surface area contributed by atoms with E-state index in [2.05, 4.69) is 52.1 Å². The van der Waals surface area contributed by atoms with Crippen LogP contribution < -0.4 is 5.32 Å². The summed E-state index contributed by atoms with van der Waals surface area (Å²) in [6.07, 6.45) is 32.5. The maximum Gasteiger partial charge on any atom is 0.222 e. The number of carbonyl (C=O) groups excluding carboxylic acids is 2. The number of amides is 2. The molecule has 0 bridgehead atoms. The fraction of sp³-hybridized carbons (Fsp3) is 0.917. The SMILES string of the molecule is CCCCCCCCC=CCCCCCCCC(=O)N1CCC(NC(=O)CCC(C)C2CCC3C4C(O)C(CC)C5CC(O)CCC5(C)C4CCC23C)C1. The molecule has 1 saturated heterocycles. The molecule has 0 aromatic heterocycles. The fourth-order valence-electron chi connectivity index (χ4n) is 13.4. The average Bonchev–Trinajstić information content (AvgIpc) is 3.77. The van der Waals surface area contributed by atoms with Crippen LogP contribution in [0, 0.1) is 52.3 Å². The summed E-state index contributed by atoms with van der Waals surface area (Å²) < 4.78 is 0. The highest BCUT2D eigenvalue weighted by molar-refractivity contribution is 5.78. The molecule has 12 atom stereocenters. The highest BCUT2D eigenvalue weighted by atomic mass is 16.3.